The van der Waals surface area contributed by atoms with E-state index in [9.17, 15) is 4.39 Å². The van der Waals surface area contributed by atoms with E-state index in [1.165, 1.54) is 0 Å². The van der Waals surface area contributed by atoms with Crippen LogP contribution in [0, 0.1) is 12.7 Å². The average molecular weight is 272 g/mol. The first-order valence-corrected chi connectivity index (χ1v) is 7.09. The third-order valence-corrected chi connectivity index (χ3v) is 3.33. The molecule has 3 heteroatoms. The Morgan fingerprint density at radius 3 is 2.80 bits per heavy atom. The van der Waals surface area contributed by atoms with E-state index in [2.05, 4.69) is 17.2 Å². The van der Waals surface area contributed by atoms with Gasteiger partial charge in [0.2, 0.25) is 0 Å². The molecular weight excluding hydrogens is 251 g/mol. The van der Waals surface area contributed by atoms with E-state index in [1.807, 2.05) is 37.4 Å². The van der Waals surface area contributed by atoms with Gasteiger partial charge in [-0.25, -0.2) is 4.39 Å². The van der Waals surface area contributed by atoms with Gasteiger partial charge in [-0.05, 0) is 49.6 Å². The van der Waals surface area contributed by atoms with Gasteiger partial charge in [0, 0.05) is 24.0 Å². The monoisotopic (exact) mass is 272 g/mol. The molecule has 0 aliphatic rings. The summed E-state index contributed by atoms with van der Waals surface area (Å²) in [6, 6.07) is 9.37. The van der Waals surface area contributed by atoms with Crippen molar-refractivity contribution in [1.29, 1.82) is 0 Å². The molecule has 0 aliphatic heterocycles. The molecule has 1 unspecified atom stereocenters. The Morgan fingerprint density at radius 2 is 2.15 bits per heavy atom. The predicted octanol–water partition coefficient (Wildman–Crippen LogP) is 3.81. The number of hydrogen-bond acceptors (Lipinski definition) is 2. The number of nitrogens with one attached hydrogen (secondary N) is 1. The Hall–Kier alpha value is -1.74. The molecule has 0 fully saturated rings. The average Bonchev–Trinajstić information content (AvgIpc) is 2.45. The van der Waals surface area contributed by atoms with Crippen molar-refractivity contribution in [3.63, 3.8) is 0 Å². The first-order valence-electron chi connectivity index (χ1n) is 7.09. The lowest BCUT2D eigenvalue weighted by molar-refractivity contribution is 0.496. The summed E-state index contributed by atoms with van der Waals surface area (Å²) in [5.74, 6) is -0.137. The summed E-state index contributed by atoms with van der Waals surface area (Å²) < 4.78 is 14.2. The minimum Gasteiger partial charge on any atom is -0.310 e. The van der Waals surface area contributed by atoms with Crippen molar-refractivity contribution in [3.8, 4) is 0 Å². The van der Waals surface area contributed by atoms with Crippen molar-refractivity contribution in [2.24, 2.45) is 0 Å². The van der Waals surface area contributed by atoms with Crippen molar-refractivity contribution in [1.82, 2.24) is 10.3 Å². The summed E-state index contributed by atoms with van der Waals surface area (Å²) in [4.78, 5) is 4.13. The first-order chi connectivity index (χ1) is 9.70. The normalized spacial score (nSPS) is 12.3. The number of aryl methyl sites for hydroxylation is 1. The van der Waals surface area contributed by atoms with Crippen LogP contribution in [0.2, 0.25) is 0 Å². The van der Waals surface area contributed by atoms with Crippen molar-refractivity contribution in [2.45, 2.75) is 32.7 Å². The molecule has 2 nitrogen and oxygen atoms in total. The highest BCUT2D eigenvalue weighted by Crippen LogP contribution is 2.22. The summed E-state index contributed by atoms with van der Waals surface area (Å²) in [7, 11) is 0. The maximum atomic E-state index is 14.2. The minimum atomic E-state index is -0.137. The number of rotatable bonds is 6. The van der Waals surface area contributed by atoms with E-state index >= 15 is 0 Å². The van der Waals surface area contributed by atoms with Crippen LogP contribution in [0.1, 0.15) is 36.1 Å². The molecule has 1 aromatic carbocycles. The van der Waals surface area contributed by atoms with Crippen LogP contribution in [0.25, 0.3) is 0 Å². The van der Waals surface area contributed by atoms with Crippen LogP contribution >= 0.6 is 0 Å². The molecule has 0 radical (unpaired) electrons. The second-order valence-electron chi connectivity index (χ2n) is 5.10. The molecule has 1 heterocycles. The molecule has 106 valence electrons. The number of halogens is 1. The smallest absolute Gasteiger partial charge is 0.128 e. The molecule has 0 saturated heterocycles. The fourth-order valence-electron chi connectivity index (χ4n) is 2.28. The van der Waals surface area contributed by atoms with Gasteiger partial charge in [-0.3, -0.25) is 4.98 Å². The van der Waals surface area contributed by atoms with Gasteiger partial charge in [0.15, 0.2) is 0 Å². The van der Waals surface area contributed by atoms with E-state index in [1.54, 1.807) is 12.3 Å². The third kappa shape index (κ3) is 3.87. The molecule has 2 aromatic rings. The van der Waals surface area contributed by atoms with Gasteiger partial charge >= 0.3 is 0 Å². The Bertz CT molecular complexity index is 540. The van der Waals surface area contributed by atoms with Crippen LogP contribution in [0.5, 0.6) is 0 Å². The summed E-state index contributed by atoms with van der Waals surface area (Å²) in [6.07, 6.45) is 5.36. The predicted molar refractivity (Wildman–Crippen MR) is 80.1 cm³/mol. The maximum absolute atomic E-state index is 14.2. The van der Waals surface area contributed by atoms with Crippen molar-refractivity contribution in [2.75, 3.05) is 6.54 Å². The van der Waals surface area contributed by atoms with Gasteiger partial charge in [0.1, 0.15) is 5.82 Å². The zero-order valence-corrected chi connectivity index (χ0v) is 12.1. The van der Waals surface area contributed by atoms with Gasteiger partial charge in [-0.2, -0.15) is 0 Å². The number of nitrogens with zero attached hydrogens (tertiary/aromatic N) is 1. The number of pyridine rings is 1. The second kappa shape index (κ2) is 7.15. The minimum absolute atomic E-state index is 0.0141. The quantitative estimate of drug-likeness (QED) is 0.865. The van der Waals surface area contributed by atoms with Crippen LogP contribution < -0.4 is 5.32 Å². The van der Waals surface area contributed by atoms with Crippen LogP contribution in [0.4, 0.5) is 4.39 Å². The van der Waals surface area contributed by atoms with Crippen molar-refractivity contribution < 1.29 is 4.39 Å². The highest BCUT2D eigenvalue weighted by Gasteiger charge is 2.15. The standard InChI is InChI=1S/C17H21FN2/c1-3-8-20-17(11-14-5-4-9-19-12-14)15-7-6-13(2)10-16(15)18/h4-7,9-10,12,17,20H,3,8,11H2,1-2H3. The van der Waals surface area contributed by atoms with Crippen LogP contribution in [-0.2, 0) is 6.42 Å². The van der Waals surface area contributed by atoms with Crippen LogP contribution in [-0.4, -0.2) is 11.5 Å². The molecular formula is C17H21FN2. The molecule has 0 saturated carbocycles. The summed E-state index contributed by atoms with van der Waals surface area (Å²) in [5.41, 5.74) is 2.79. The van der Waals surface area contributed by atoms with E-state index in [4.69, 9.17) is 0 Å². The fraction of sp³-hybridized carbons (Fsp3) is 0.353. The van der Waals surface area contributed by atoms with Crippen molar-refractivity contribution >= 4 is 0 Å². The van der Waals surface area contributed by atoms with E-state index in [0.717, 1.165) is 36.1 Å². The lowest BCUT2D eigenvalue weighted by Gasteiger charge is -2.20. The van der Waals surface area contributed by atoms with Gasteiger partial charge in [0.25, 0.3) is 0 Å². The zero-order valence-electron chi connectivity index (χ0n) is 12.1. The molecule has 0 bridgehead atoms. The third-order valence-electron chi connectivity index (χ3n) is 3.33. The molecule has 2 rings (SSSR count). The Kier molecular flexibility index (Phi) is 5.24. The molecule has 1 atom stereocenters. The summed E-state index contributed by atoms with van der Waals surface area (Å²) >= 11 is 0. The topological polar surface area (TPSA) is 24.9 Å². The lowest BCUT2D eigenvalue weighted by Crippen LogP contribution is -2.25. The highest BCUT2D eigenvalue weighted by molar-refractivity contribution is 5.27. The van der Waals surface area contributed by atoms with Gasteiger partial charge in [0.05, 0.1) is 0 Å². The van der Waals surface area contributed by atoms with Crippen molar-refractivity contribution in [3.05, 3.63) is 65.2 Å². The molecule has 1 aromatic heterocycles. The van der Waals surface area contributed by atoms with Gasteiger partial charge < -0.3 is 5.32 Å². The molecule has 0 aliphatic carbocycles. The number of hydrogen-bond donors (Lipinski definition) is 1. The Balaban J connectivity index is 2.22. The van der Waals surface area contributed by atoms with Crippen LogP contribution in [0.3, 0.4) is 0 Å². The van der Waals surface area contributed by atoms with Gasteiger partial charge in [-0.15, -0.1) is 0 Å². The molecule has 20 heavy (non-hydrogen) atoms. The lowest BCUT2D eigenvalue weighted by atomic mass is 9.98. The number of benzene rings is 1. The SMILES string of the molecule is CCCNC(Cc1cccnc1)c1ccc(C)cc1F. The Labute approximate surface area is 120 Å². The molecule has 0 spiro atoms. The largest absolute Gasteiger partial charge is 0.310 e. The number of aromatic nitrogens is 1. The summed E-state index contributed by atoms with van der Waals surface area (Å²) in [6.45, 7) is 4.89. The molecule has 1 N–H and O–H groups in total. The van der Waals surface area contributed by atoms with E-state index < -0.39 is 0 Å². The van der Waals surface area contributed by atoms with Gasteiger partial charge in [-0.1, -0.05) is 25.1 Å². The zero-order chi connectivity index (χ0) is 14.4. The first kappa shape index (κ1) is 14.7. The van der Waals surface area contributed by atoms with E-state index in [0.29, 0.717) is 0 Å². The molecule has 0 amide bonds. The fourth-order valence-corrected chi connectivity index (χ4v) is 2.28. The Morgan fingerprint density at radius 1 is 1.30 bits per heavy atom. The van der Waals surface area contributed by atoms with E-state index in [-0.39, 0.29) is 11.9 Å². The highest BCUT2D eigenvalue weighted by atomic mass is 19.1. The maximum Gasteiger partial charge on any atom is 0.128 e. The van der Waals surface area contributed by atoms with Crippen LogP contribution in [0.15, 0.2) is 42.7 Å². The summed E-state index contributed by atoms with van der Waals surface area (Å²) in [5, 5.41) is 3.43. The second-order valence-corrected chi connectivity index (χ2v) is 5.10.